The number of hydrogen-bond donors (Lipinski definition) is 9. The van der Waals surface area contributed by atoms with E-state index in [2.05, 4.69) is 93.1 Å². The van der Waals surface area contributed by atoms with E-state index in [1.54, 1.807) is 20.8 Å². The zero-order chi connectivity index (χ0) is 81.9. The van der Waals surface area contributed by atoms with Crippen LogP contribution in [0, 0.1) is 20.8 Å². The summed E-state index contributed by atoms with van der Waals surface area (Å²) in [7, 11) is 3.00. The summed E-state index contributed by atoms with van der Waals surface area (Å²) in [4.78, 5) is 49.3. The molecule has 0 spiro atoms. The van der Waals surface area contributed by atoms with Gasteiger partial charge in [0, 0.05) is 38.0 Å². The predicted octanol–water partition coefficient (Wildman–Crippen LogP) is 21.7. The fourth-order valence-corrected chi connectivity index (χ4v) is 13.3. The Hall–Kier alpha value is -13.2. The molecule has 0 aliphatic heterocycles. The van der Waals surface area contributed by atoms with Gasteiger partial charge in [0.1, 0.15) is 52.5 Å². The summed E-state index contributed by atoms with van der Waals surface area (Å²) in [6.07, 6.45) is 2.15. The molecule has 0 radical (unpaired) electrons. The van der Waals surface area contributed by atoms with E-state index in [1.165, 1.54) is 0 Å². The maximum Gasteiger partial charge on any atom is 0.412 e. The zero-order valence-electron chi connectivity index (χ0n) is 65.0. The lowest BCUT2D eigenvalue weighted by molar-refractivity contribution is -0.140. The normalized spacial score (nSPS) is 13.9. The number of aryl methyl sites for hydroxylation is 3. The molecule has 9 N–H and O–H groups in total. The van der Waals surface area contributed by atoms with Crippen LogP contribution in [0.1, 0.15) is 136 Å². The number of hydrogen-bond acceptors (Lipinski definition) is 18. The third-order valence-corrected chi connectivity index (χ3v) is 20.5. The molecule has 3 fully saturated rings. The molecular formula is C93H98N6O16. The highest BCUT2D eigenvalue weighted by atomic mass is 16.6. The number of aromatic nitrogens is 3. The van der Waals surface area contributed by atoms with Crippen molar-refractivity contribution in [1.82, 2.24) is 15.5 Å². The number of aliphatic carboxylic acids is 1. The smallest absolute Gasteiger partial charge is 0.412 e. The predicted molar refractivity (Wildman–Crippen MR) is 446 cm³/mol. The van der Waals surface area contributed by atoms with Crippen molar-refractivity contribution in [2.45, 2.75) is 122 Å². The molecule has 3 aliphatic carbocycles. The van der Waals surface area contributed by atoms with Gasteiger partial charge in [0.25, 0.3) is 0 Å². The van der Waals surface area contributed by atoms with Crippen molar-refractivity contribution < 1.29 is 77.6 Å². The van der Waals surface area contributed by atoms with E-state index in [-0.39, 0.29) is 29.8 Å². The first-order valence-electron chi connectivity index (χ1n) is 37.1. The third-order valence-electron chi connectivity index (χ3n) is 20.5. The van der Waals surface area contributed by atoms with Gasteiger partial charge in [0.05, 0.1) is 27.8 Å². The van der Waals surface area contributed by atoms with Crippen LogP contribution in [0.15, 0.2) is 275 Å². The van der Waals surface area contributed by atoms with Crippen LogP contribution in [0.4, 0.5) is 31.4 Å². The number of nitrogens with one attached hydrogen (secondary N) is 3. The molecule has 3 amide bonds. The molecule has 596 valence electrons. The number of amides is 3. The number of aliphatic hydroxyl groups excluding tert-OH is 5. The van der Waals surface area contributed by atoms with E-state index in [1.807, 2.05) is 209 Å². The van der Waals surface area contributed by atoms with Crippen LogP contribution in [0.2, 0.25) is 0 Å². The van der Waals surface area contributed by atoms with Crippen LogP contribution in [-0.4, -0.2) is 91.7 Å². The molecule has 22 heteroatoms. The van der Waals surface area contributed by atoms with Crippen LogP contribution >= 0.6 is 0 Å². The second-order valence-electron chi connectivity index (χ2n) is 27.6. The molecule has 15 rings (SSSR count). The quantitative estimate of drug-likeness (QED) is 0.0238. The van der Waals surface area contributed by atoms with Crippen molar-refractivity contribution >= 4 is 41.3 Å². The number of rotatable bonds is 21. The van der Waals surface area contributed by atoms with Gasteiger partial charge in [-0.2, -0.15) is 0 Å². The molecule has 9 aromatic carbocycles. The number of ether oxygens (including phenoxy) is 3. The molecule has 3 saturated carbocycles. The number of allylic oxidation sites excluding steroid dienone is 2. The van der Waals surface area contributed by atoms with Crippen LogP contribution in [-0.2, 0) is 35.3 Å². The topological polar surface area (TPSA) is 332 Å². The van der Waals surface area contributed by atoms with Crippen molar-refractivity contribution in [3.63, 3.8) is 0 Å². The molecule has 3 atom stereocenters. The second-order valence-corrected chi connectivity index (χ2v) is 27.6. The van der Waals surface area contributed by atoms with Gasteiger partial charge in [-0.05, 0) is 147 Å². The van der Waals surface area contributed by atoms with Gasteiger partial charge in [-0.3, -0.25) is 20.7 Å². The van der Waals surface area contributed by atoms with Gasteiger partial charge in [0.15, 0.2) is 17.3 Å². The number of carbonyl (C=O) groups excluding carboxylic acids is 3. The minimum Gasteiger partial charge on any atom is -0.512 e. The molecule has 0 bridgehead atoms. The number of carbonyl (C=O) groups is 4. The van der Waals surface area contributed by atoms with Crippen LogP contribution in [0.25, 0.3) is 67.2 Å². The first-order valence-corrected chi connectivity index (χ1v) is 37.1. The Morgan fingerprint density at radius 3 is 0.878 bits per heavy atom. The Labute approximate surface area is 669 Å². The first kappa shape index (κ1) is 85.8. The Morgan fingerprint density at radius 1 is 0.357 bits per heavy atom. The molecule has 12 aromatic rings. The van der Waals surface area contributed by atoms with Crippen LogP contribution in [0.3, 0.4) is 0 Å². The molecule has 3 aromatic heterocycles. The summed E-state index contributed by atoms with van der Waals surface area (Å²) >= 11 is 0. The van der Waals surface area contributed by atoms with E-state index < -0.39 is 48.0 Å². The molecule has 0 saturated heterocycles. The fourth-order valence-electron chi connectivity index (χ4n) is 13.3. The highest BCUT2D eigenvalue weighted by molar-refractivity contribution is 5.94. The van der Waals surface area contributed by atoms with Crippen molar-refractivity contribution in [1.29, 1.82) is 0 Å². The van der Waals surface area contributed by atoms with Crippen LogP contribution in [0.5, 0.6) is 0 Å². The lowest BCUT2D eigenvalue weighted by Crippen LogP contribution is -2.19. The monoisotopic (exact) mass is 1550 g/mol. The number of carboxylic acids is 1. The average molecular weight is 1560 g/mol. The van der Waals surface area contributed by atoms with Gasteiger partial charge < -0.3 is 58.4 Å². The molecular weight excluding hydrogens is 1460 g/mol. The van der Waals surface area contributed by atoms with Crippen LogP contribution < -0.4 is 16.0 Å². The van der Waals surface area contributed by atoms with E-state index in [0.29, 0.717) is 64.3 Å². The maximum absolute atomic E-state index is 12.6. The zero-order valence-corrected chi connectivity index (χ0v) is 65.0. The Kier molecular flexibility index (Phi) is 29.0. The van der Waals surface area contributed by atoms with Crippen molar-refractivity contribution in [3.8, 4) is 67.2 Å². The van der Waals surface area contributed by atoms with Gasteiger partial charge >= 0.3 is 24.2 Å². The summed E-state index contributed by atoms with van der Waals surface area (Å²) in [5.41, 5.74) is 16.1. The van der Waals surface area contributed by atoms with Gasteiger partial charge in [-0.15, -0.1) is 0 Å². The Balaban J connectivity index is 0.000000190. The van der Waals surface area contributed by atoms with Gasteiger partial charge in [-0.25, -0.2) is 14.4 Å². The maximum atomic E-state index is 12.6. The second kappa shape index (κ2) is 38.9. The third kappa shape index (κ3) is 20.2. The summed E-state index contributed by atoms with van der Waals surface area (Å²) in [5.74, 6) is 1.15. The minimum absolute atomic E-state index is 0. The number of carboxylic acid groups (broad SMARTS) is 1. The van der Waals surface area contributed by atoms with Crippen molar-refractivity contribution in [2.24, 2.45) is 0 Å². The van der Waals surface area contributed by atoms with Gasteiger partial charge in [0.2, 0.25) is 0 Å². The van der Waals surface area contributed by atoms with Crippen molar-refractivity contribution in [3.05, 3.63) is 312 Å². The highest BCUT2D eigenvalue weighted by Gasteiger charge is 2.52. The molecule has 3 heterocycles. The molecule has 0 unspecified atom stereocenters. The van der Waals surface area contributed by atoms with E-state index in [0.717, 1.165) is 130 Å². The number of benzene rings is 9. The van der Waals surface area contributed by atoms with E-state index in [9.17, 15) is 34.5 Å². The van der Waals surface area contributed by atoms with E-state index in [4.69, 9.17) is 43.1 Å². The molecule has 22 nitrogen and oxygen atoms in total. The lowest BCUT2D eigenvalue weighted by atomic mass is 9.92. The number of aliphatic hydroxyl groups is 5. The summed E-state index contributed by atoms with van der Waals surface area (Å²) in [6, 6.07) is 76.3. The largest absolute Gasteiger partial charge is 0.512 e. The molecule has 115 heavy (non-hydrogen) atoms. The first-order chi connectivity index (χ1) is 55.1. The minimum atomic E-state index is -0.759. The summed E-state index contributed by atoms with van der Waals surface area (Å²) in [6.45, 7) is 18.2. The summed E-state index contributed by atoms with van der Waals surface area (Å²) < 4.78 is 32.9. The summed E-state index contributed by atoms with van der Waals surface area (Å²) in [5, 5.41) is 71.1. The lowest BCUT2D eigenvalue weighted by Gasteiger charge is -2.15. The standard InChI is InChI=1S/2C30H28N2O4.C29H26N2O5.3CH4O.CH4/c2*1-19(22-7-5-4-6-8-22)35-29(34)31-27-20(2)36-32-28(27)25-11-9-23(10-12-25)24-13-15-26(16-14-24)30(17-18-30)21(3)33;1-18-25(30-28(34)35-19(2)20-6-4-3-5-7-20)26(36-31-18)23-10-8-21(9-11-23)22-12-14-24(15-13-22)29(16-17-29)27(32)33;3*1-2;/h2*4-16,19,33H,3,17-18H2,1-2H3,(H,31,34);3-15,19H,16-17H2,1-2H3,(H,30,34)(H,32,33);3*2H,1H3;1H4/t3*19-;;;;/m111..../s1. The van der Waals surface area contributed by atoms with Gasteiger partial charge in [-0.1, -0.05) is 273 Å². The van der Waals surface area contributed by atoms with Crippen molar-refractivity contribution in [2.75, 3.05) is 37.3 Å². The number of anilines is 3. The molecule has 3 aliphatic rings. The Morgan fingerprint density at radius 2 is 0.609 bits per heavy atom. The van der Waals surface area contributed by atoms with E-state index >= 15 is 0 Å². The average Bonchev–Trinajstić information content (AvgIpc) is 1.63. The number of nitrogens with zero attached hydrogens (tertiary/aromatic N) is 3. The highest BCUT2D eigenvalue weighted by Crippen LogP contribution is 2.54. The fraction of sp³-hybridized carbons (Fsp3) is 0.237. The Bertz CT molecular complexity index is 4690. The SMILES string of the molecule is C.C=C(O)C1(c2ccc(-c3ccc(-c4noc(C)c4NC(=O)O[C@H](C)c4ccccc4)cc3)cc2)CC1.C=C(O)C1(c2ccc(-c3ccc(-c4noc(C)c4NC(=O)O[C@H](C)c4ccccc4)cc3)cc2)CC1.CO.CO.CO.Cc1noc(-c2ccc(-c3ccc(C4(C(=O)O)CC4)cc3)cc2)c1NC(=O)O[C@H](C)c1ccccc1.